The van der Waals surface area contributed by atoms with Crippen LogP contribution in [0.5, 0.6) is 0 Å². The minimum atomic E-state index is 0.707. The standard InChI is InChI=1S/C6H11BrO2/c7-3-1-6-2-4-8-9-5-6/h6H,1-5H2. The summed E-state index contributed by atoms with van der Waals surface area (Å²) in [5, 5.41) is 1.07. The SMILES string of the molecule is BrCCC1CCOOC1. The predicted molar refractivity (Wildman–Crippen MR) is 38.4 cm³/mol. The van der Waals surface area contributed by atoms with Crippen molar-refractivity contribution in [2.45, 2.75) is 12.8 Å². The molecule has 0 aromatic heterocycles. The van der Waals surface area contributed by atoms with E-state index in [1.54, 1.807) is 0 Å². The second-order valence-corrected chi connectivity index (χ2v) is 3.03. The first-order chi connectivity index (χ1) is 4.43. The molecule has 0 aromatic rings. The normalized spacial score (nSPS) is 28.3. The molecule has 54 valence electrons. The molecule has 0 N–H and O–H groups in total. The monoisotopic (exact) mass is 194 g/mol. The Morgan fingerprint density at radius 2 is 2.33 bits per heavy atom. The molecule has 0 aromatic carbocycles. The summed E-state index contributed by atoms with van der Waals surface area (Å²) in [7, 11) is 0. The fourth-order valence-corrected chi connectivity index (χ4v) is 1.53. The molecule has 1 unspecified atom stereocenters. The number of alkyl halides is 1. The molecule has 1 aliphatic heterocycles. The molecule has 1 atom stereocenters. The summed E-state index contributed by atoms with van der Waals surface area (Å²) in [6.45, 7) is 1.53. The van der Waals surface area contributed by atoms with Gasteiger partial charge < -0.3 is 0 Å². The Hall–Kier alpha value is 0.400. The van der Waals surface area contributed by atoms with Gasteiger partial charge in [-0.2, -0.15) is 0 Å². The van der Waals surface area contributed by atoms with Crippen LogP contribution in [0.25, 0.3) is 0 Å². The van der Waals surface area contributed by atoms with Gasteiger partial charge in [-0.15, -0.1) is 0 Å². The smallest absolute Gasteiger partial charge is 0.0851 e. The van der Waals surface area contributed by atoms with Gasteiger partial charge in [-0.3, -0.25) is 0 Å². The van der Waals surface area contributed by atoms with Gasteiger partial charge in [-0.25, -0.2) is 9.78 Å². The summed E-state index contributed by atoms with van der Waals surface area (Å²) in [5.74, 6) is 0.707. The third kappa shape index (κ3) is 2.65. The lowest BCUT2D eigenvalue weighted by molar-refractivity contribution is -0.324. The summed E-state index contributed by atoms with van der Waals surface area (Å²) in [6, 6.07) is 0. The van der Waals surface area contributed by atoms with Crippen LogP contribution < -0.4 is 0 Å². The van der Waals surface area contributed by atoms with Gasteiger partial charge >= 0.3 is 0 Å². The molecule has 0 amide bonds. The molecule has 0 bridgehead atoms. The molecule has 3 heteroatoms. The van der Waals surface area contributed by atoms with Crippen LogP contribution in [0.2, 0.25) is 0 Å². The number of hydrogen-bond acceptors (Lipinski definition) is 2. The Morgan fingerprint density at radius 1 is 1.44 bits per heavy atom. The highest BCUT2D eigenvalue weighted by atomic mass is 79.9. The van der Waals surface area contributed by atoms with Crippen molar-refractivity contribution in [1.82, 2.24) is 0 Å². The Balaban J connectivity index is 2.08. The first kappa shape index (κ1) is 7.51. The van der Waals surface area contributed by atoms with Crippen molar-refractivity contribution in [3.63, 3.8) is 0 Å². The van der Waals surface area contributed by atoms with E-state index in [4.69, 9.17) is 9.78 Å². The lowest BCUT2D eigenvalue weighted by Crippen LogP contribution is -2.19. The molecule has 1 aliphatic rings. The van der Waals surface area contributed by atoms with E-state index >= 15 is 0 Å². The van der Waals surface area contributed by atoms with E-state index in [-0.39, 0.29) is 0 Å². The van der Waals surface area contributed by atoms with Crippen LogP contribution in [0.15, 0.2) is 0 Å². The maximum atomic E-state index is 4.81. The van der Waals surface area contributed by atoms with Crippen LogP contribution in [-0.2, 0) is 9.78 Å². The van der Waals surface area contributed by atoms with Crippen molar-refractivity contribution in [2.75, 3.05) is 18.5 Å². The van der Waals surface area contributed by atoms with Gasteiger partial charge in [0.2, 0.25) is 0 Å². The Bertz CT molecular complexity index is 68.7. The first-order valence-electron chi connectivity index (χ1n) is 3.24. The van der Waals surface area contributed by atoms with E-state index < -0.39 is 0 Å². The molecule has 0 aliphatic carbocycles. The van der Waals surface area contributed by atoms with Gasteiger partial charge in [-0.1, -0.05) is 15.9 Å². The van der Waals surface area contributed by atoms with Gasteiger partial charge in [0.25, 0.3) is 0 Å². The minimum absolute atomic E-state index is 0.707. The van der Waals surface area contributed by atoms with Gasteiger partial charge in [0, 0.05) is 5.33 Å². The highest BCUT2D eigenvalue weighted by molar-refractivity contribution is 9.09. The Labute approximate surface area is 63.6 Å². The van der Waals surface area contributed by atoms with E-state index in [0.29, 0.717) is 5.92 Å². The van der Waals surface area contributed by atoms with Crippen LogP contribution in [0, 0.1) is 5.92 Å². The van der Waals surface area contributed by atoms with Crippen LogP contribution in [0.1, 0.15) is 12.8 Å². The lowest BCUT2D eigenvalue weighted by atomic mass is 10.0. The van der Waals surface area contributed by atoms with Crippen LogP contribution in [-0.4, -0.2) is 18.5 Å². The average Bonchev–Trinajstić information content (AvgIpc) is 1.91. The summed E-state index contributed by atoms with van der Waals surface area (Å²) < 4.78 is 0. The van der Waals surface area contributed by atoms with Crippen molar-refractivity contribution in [1.29, 1.82) is 0 Å². The van der Waals surface area contributed by atoms with Crippen LogP contribution in [0.3, 0.4) is 0 Å². The summed E-state index contributed by atoms with van der Waals surface area (Å²) >= 11 is 3.39. The van der Waals surface area contributed by atoms with Crippen molar-refractivity contribution >= 4 is 15.9 Å². The molecule has 9 heavy (non-hydrogen) atoms. The molecule has 0 saturated carbocycles. The molecule has 1 heterocycles. The van der Waals surface area contributed by atoms with E-state index in [1.165, 1.54) is 6.42 Å². The first-order valence-corrected chi connectivity index (χ1v) is 4.36. The zero-order valence-corrected chi connectivity index (χ0v) is 6.89. The number of rotatable bonds is 2. The molecule has 1 rings (SSSR count). The van der Waals surface area contributed by atoms with Gasteiger partial charge in [0.15, 0.2) is 0 Å². The molecule has 1 fully saturated rings. The topological polar surface area (TPSA) is 18.5 Å². The zero-order chi connectivity index (χ0) is 6.53. The third-order valence-electron chi connectivity index (χ3n) is 1.51. The van der Waals surface area contributed by atoms with Crippen molar-refractivity contribution in [2.24, 2.45) is 5.92 Å². The maximum absolute atomic E-state index is 4.81. The molecular weight excluding hydrogens is 184 g/mol. The largest absolute Gasteiger partial charge is 0.237 e. The fourth-order valence-electron chi connectivity index (χ4n) is 0.883. The fraction of sp³-hybridized carbons (Fsp3) is 1.00. The number of halogens is 1. The predicted octanol–water partition coefficient (Wildman–Crippen LogP) is 1.74. The molecule has 0 radical (unpaired) electrons. The highest BCUT2D eigenvalue weighted by Gasteiger charge is 2.13. The Kier molecular flexibility index (Phi) is 3.55. The van der Waals surface area contributed by atoms with Crippen molar-refractivity contribution in [3.05, 3.63) is 0 Å². The van der Waals surface area contributed by atoms with E-state index in [2.05, 4.69) is 15.9 Å². The molecule has 2 nitrogen and oxygen atoms in total. The highest BCUT2D eigenvalue weighted by Crippen LogP contribution is 2.14. The van der Waals surface area contributed by atoms with Gasteiger partial charge in [-0.05, 0) is 18.8 Å². The second-order valence-electron chi connectivity index (χ2n) is 2.24. The number of hydrogen-bond donors (Lipinski definition) is 0. The van der Waals surface area contributed by atoms with Crippen molar-refractivity contribution < 1.29 is 9.78 Å². The zero-order valence-electron chi connectivity index (χ0n) is 5.31. The van der Waals surface area contributed by atoms with E-state index in [1.807, 2.05) is 0 Å². The average molecular weight is 195 g/mol. The van der Waals surface area contributed by atoms with Crippen molar-refractivity contribution in [3.8, 4) is 0 Å². The maximum Gasteiger partial charge on any atom is 0.0851 e. The quantitative estimate of drug-likeness (QED) is 0.493. The second kappa shape index (κ2) is 4.25. The van der Waals surface area contributed by atoms with E-state index in [9.17, 15) is 0 Å². The molecule has 0 spiro atoms. The van der Waals surface area contributed by atoms with Crippen LogP contribution in [0.4, 0.5) is 0 Å². The lowest BCUT2D eigenvalue weighted by Gasteiger charge is -2.19. The molecule has 1 saturated heterocycles. The van der Waals surface area contributed by atoms with Gasteiger partial charge in [0.05, 0.1) is 13.2 Å². The van der Waals surface area contributed by atoms with E-state index in [0.717, 1.165) is 25.0 Å². The summed E-state index contributed by atoms with van der Waals surface area (Å²) in [6.07, 6.45) is 2.34. The minimum Gasteiger partial charge on any atom is -0.237 e. The van der Waals surface area contributed by atoms with Crippen LogP contribution >= 0.6 is 15.9 Å². The van der Waals surface area contributed by atoms with Gasteiger partial charge in [0.1, 0.15) is 0 Å². The summed E-state index contributed by atoms with van der Waals surface area (Å²) in [5.41, 5.74) is 0. The third-order valence-corrected chi connectivity index (χ3v) is 1.97. The Morgan fingerprint density at radius 3 is 2.89 bits per heavy atom. The summed E-state index contributed by atoms with van der Waals surface area (Å²) in [4.78, 5) is 9.54. The molecular formula is C6H11BrO2.